The Morgan fingerprint density at radius 1 is 0.938 bits per heavy atom. The van der Waals surface area contributed by atoms with Crippen molar-refractivity contribution in [2.45, 2.75) is 17.7 Å². The standard InChI is InChI=1S/C23H26N4O3S2/c28-22(25-13-15-27(16-14-25)32(29,30)19-8-2-1-3-9-19)18-7-6-12-26(17-18)23-24-20-10-4-5-11-21(20)31-23/h1-5,8-11,18H,6-7,12-17H2. The number of fused-ring (bicyclic) bond motifs is 1. The Balaban J connectivity index is 1.22. The molecule has 0 N–H and O–H groups in total. The summed E-state index contributed by atoms with van der Waals surface area (Å²) in [4.78, 5) is 22.4. The summed E-state index contributed by atoms with van der Waals surface area (Å²) in [6.45, 7) is 3.10. The van der Waals surface area contributed by atoms with Crippen LogP contribution in [0.25, 0.3) is 10.2 Å². The van der Waals surface area contributed by atoms with Crippen LogP contribution in [0.1, 0.15) is 12.8 Å². The van der Waals surface area contributed by atoms with Crippen LogP contribution in [0.4, 0.5) is 5.13 Å². The average molecular weight is 471 g/mol. The molecule has 32 heavy (non-hydrogen) atoms. The van der Waals surface area contributed by atoms with Gasteiger partial charge in [-0.05, 0) is 37.1 Å². The number of anilines is 1. The van der Waals surface area contributed by atoms with E-state index in [4.69, 9.17) is 4.98 Å². The number of thiazole rings is 1. The van der Waals surface area contributed by atoms with E-state index in [1.54, 1.807) is 41.7 Å². The van der Waals surface area contributed by atoms with Crippen molar-refractivity contribution in [2.75, 3.05) is 44.2 Å². The van der Waals surface area contributed by atoms with E-state index in [1.807, 2.05) is 23.1 Å². The van der Waals surface area contributed by atoms with E-state index < -0.39 is 10.0 Å². The van der Waals surface area contributed by atoms with Crippen LogP contribution in [0.15, 0.2) is 59.5 Å². The van der Waals surface area contributed by atoms with Crippen LogP contribution in [-0.4, -0.2) is 67.8 Å². The predicted molar refractivity (Wildman–Crippen MR) is 126 cm³/mol. The molecule has 1 unspecified atom stereocenters. The fourth-order valence-corrected chi connectivity index (χ4v) is 6.94. The zero-order chi connectivity index (χ0) is 22.1. The van der Waals surface area contributed by atoms with Crippen molar-refractivity contribution >= 4 is 42.6 Å². The molecule has 7 nitrogen and oxygen atoms in total. The van der Waals surface area contributed by atoms with E-state index in [0.717, 1.165) is 34.7 Å². The van der Waals surface area contributed by atoms with E-state index in [9.17, 15) is 13.2 Å². The van der Waals surface area contributed by atoms with E-state index >= 15 is 0 Å². The molecule has 5 rings (SSSR count). The number of nitrogens with zero attached hydrogens (tertiary/aromatic N) is 4. The minimum atomic E-state index is -3.51. The maximum atomic E-state index is 13.2. The molecule has 2 aliphatic heterocycles. The van der Waals surface area contributed by atoms with Gasteiger partial charge < -0.3 is 9.80 Å². The largest absolute Gasteiger partial charge is 0.347 e. The van der Waals surface area contributed by atoms with Crippen molar-refractivity contribution in [3.8, 4) is 0 Å². The summed E-state index contributed by atoms with van der Waals surface area (Å²) < 4.78 is 28.3. The molecule has 0 radical (unpaired) electrons. The monoisotopic (exact) mass is 470 g/mol. The molecule has 0 spiro atoms. The molecule has 0 saturated carbocycles. The highest BCUT2D eigenvalue weighted by molar-refractivity contribution is 7.89. The minimum absolute atomic E-state index is 0.0759. The van der Waals surface area contributed by atoms with Crippen LogP contribution in [0.5, 0.6) is 0 Å². The van der Waals surface area contributed by atoms with Crippen LogP contribution in [0.3, 0.4) is 0 Å². The first kappa shape index (κ1) is 21.4. The molecule has 9 heteroatoms. The number of hydrogen-bond acceptors (Lipinski definition) is 6. The third kappa shape index (κ3) is 4.12. The second kappa shape index (κ2) is 8.80. The Morgan fingerprint density at radius 3 is 2.41 bits per heavy atom. The molecule has 2 saturated heterocycles. The quantitative estimate of drug-likeness (QED) is 0.586. The SMILES string of the molecule is O=C(C1CCCN(c2nc3ccccc3s2)C1)N1CCN(S(=O)(=O)c2ccccc2)CC1. The lowest BCUT2D eigenvalue weighted by atomic mass is 9.96. The van der Waals surface area contributed by atoms with Crippen molar-refractivity contribution in [2.24, 2.45) is 5.92 Å². The first-order valence-electron chi connectivity index (χ1n) is 11.0. The highest BCUT2D eigenvalue weighted by atomic mass is 32.2. The van der Waals surface area contributed by atoms with Gasteiger partial charge in [0.1, 0.15) is 0 Å². The number of carbonyl (C=O) groups excluding carboxylic acids is 1. The molecular weight excluding hydrogens is 444 g/mol. The Hall–Kier alpha value is -2.49. The summed E-state index contributed by atoms with van der Waals surface area (Å²) in [7, 11) is -3.51. The molecule has 2 aliphatic rings. The fourth-order valence-electron chi connectivity index (χ4n) is 4.50. The van der Waals surface area contributed by atoms with Crippen LogP contribution < -0.4 is 4.90 Å². The maximum Gasteiger partial charge on any atom is 0.243 e. The minimum Gasteiger partial charge on any atom is -0.347 e. The maximum absolute atomic E-state index is 13.2. The first-order chi connectivity index (χ1) is 15.5. The number of piperazine rings is 1. The van der Waals surface area contributed by atoms with Gasteiger partial charge in [-0.1, -0.05) is 41.7 Å². The summed E-state index contributed by atoms with van der Waals surface area (Å²) in [6.07, 6.45) is 1.82. The summed E-state index contributed by atoms with van der Waals surface area (Å²) >= 11 is 1.67. The van der Waals surface area contributed by atoms with Crippen molar-refractivity contribution < 1.29 is 13.2 Å². The van der Waals surface area contributed by atoms with Crippen LogP contribution >= 0.6 is 11.3 Å². The molecule has 3 heterocycles. The third-order valence-electron chi connectivity index (χ3n) is 6.26. The summed E-state index contributed by atoms with van der Waals surface area (Å²) in [5, 5.41) is 0.975. The number of rotatable bonds is 4. The normalized spacial score (nSPS) is 20.6. The zero-order valence-corrected chi connectivity index (χ0v) is 19.4. The molecule has 0 bridgehead atoms. The zero-order valence-electron chi connectivity index (χ0n) is 17.8. The second-order valence-electron chi connectivity index (χ2n) is 8.29. The molecule has 1 aromatic heterocycles. The number of hydrogen-bond donors (Lipinski definition) is 0. The summed E-state index contributed by atoms with van der Waals surface area (Å²) in [5.74, 6) is 0.0561. The van der Waals surface area contributed by atoms with Gasteiger partial charge >= 0.3 is 0 Å². The summed E-state index contributed by atoms with van der Waals surface area (Å²) in [5.41, 5.74) is 0.997. The highest BCUT2D eigenvalue weighted by Crippen LogP contribution is 2.32. The Bertz CT molecular complexity index is 1170. The number of para-hydroxylation sites is 1. The van der Waals surface area contributed by atoms with Crippen LogP contribution in [-0.2, 0) is 14.8 Å². The molecule has 2 fully saturated rings. The van der Waals surface area contributed by atoms with Gasteiger partial charge in [0, 0.05) is 39.3 Å². The molecule has 168 valence electrons. The lowest BCUT2D eigenvalue weighted by molar-refractivity contribution is -0.137. The molecule has 2 aromatic carbocycles. The van der Waals surface area contributed by atoms with Gasteiger partial charge in [0.05, 0.1) is 21.0 Å². The number of sulfonamides is 1. The molecule has 1 amide bonds. The van der Waals surface area contributed by atoms with Crippen LogP contribution in [0, 0.1) is 5.92 Å². The fraction of sp³-hybridized carbons (Fsp3) is 0.391. The van der Waals surface area contributed by atoms with Gasteiger partial charge in [0.25, 0.3) is 0 Å². The average Bonchev–Trinajstić information content (AvgIpc) is 3.29. The van der Waals surface area contributed by atoms with Crippen molar-refractivity contribution in [1.29, 1.82) is 0 Å². The Labute approximate surface area is 192 Å². The smallest absolute Gasteiger partial charge is 0.243 e. The van der Waals surface area contributed by atoms with Gasteiger partial charge in [-0.25, -0.2) is 13.4 Å². The second-order valence-corrected chi connectivity index (χ2v) is 11.2. The van der Waals surface area contributed by atoms with Gasteiger partial charge in [-0.3, -0.25) is 4.79 Å². The summed E-state index contributed by atoms with van der Waals surface area (Å²) in [6, 6.07) is 16.6. The lowest BCUT2D eigenvalue weighted by Gasteiger charge is -2.38. The van der Waals surface area contributed by atoms with E-state index in [-0.39, 0.29) is 11.8 Å². The number of piperidine rings is 1. The van der Waals surface area contributed by atoms with Crippen LogP contribution in [0.2, 0.25) is 0 Å². The number of aromatic nitrogens is 1. The van der Waals surface area contributed by atoms with E-state index in [2.05, 4.69) is 11.0 Å². The number of carbonyl (C=O) groups is 1. The lowest BCUT2D eigenvalue weighted by Crippen LogP contribution is -2.53. The van der Waals surface area contributed by atoms with Gasteiger partial charge in [-0.15, -0.1) is 0 Å². The van der Waals surface area contributed by atoms with Crippen molar-refractivity contribution in [3.63, 3.8) is 0 Å². The number of amides is 1. The van der Waals surface area contributed by atoms with Crippen molar-refractivity contribution in [3.05, 3.63) is 54.6 Å². The van der Waals surface area contributed by atoms with Crippen molar-refractivity contribution in [1.82, 2.24) is 14.2 Å². The molecule has 1 atom stereocenters. The van der Waals surface area contributed by atoms with E-state index in [0.29, 0.717) is 37.6 Å². The first-order valence-corrected chi connectivity index (χ1v) is 13.2. The molecule has 0 aliphatic carbocycles. The van der Waals surface area contributed by atoms with Gasteiger partial charge in [-0.2, -0.15) is 4.31 Å². The Morgan fingerprint density at radius 2 is 1.66 bits per heavy atom. The molecule has 3 aromatic rings. The predicted octanol–water partition coefficient (Wildman–Crippen LogP) is 3.05. The highest BCUT2D eigenvalue weighted by Gasteiger charge is 2.34. The Kier molecular flexibility index (Phi) is 5.88. The topological polar surface area (TPSA) is 73.8 Å². The van der Waals surface area contributed by atoms with Gasteiger partial charge in [0.15, 0.2) is 5.13 Å². The number of benzene rings is 2. The van der Waals surface area contributed by atoms with Gasteiger partial charge in [0.2, 0.25) is 15.9 Å². The van der Waals surface area contributed by atoms with E-state index in [1.165, 1.54) is 4.31 Å². The third-order valence-corrected chi connectivity index (χ3v) is 9.27. The molecular formula is C23H26N4O3S2.